The zero-order valence-electron chi connectivity index (χ0n) is 11.7. The molecular weight excluding hydrogens is 300 g/mol. The van der Waals surface area contributed by atoms with Crippen LogP contribution in [0.3, 0.4) is 0 Å². The van der Waals surface area contributed by atoms with Gasteiger partial charge in [0.2, 0.25) is 5.91 Å². The third kappa shape index (κ3) is 5.11. The Balaban J connectivity index is 2.76. The maximum Gasteiger partial charge on any atom is 0.234 e. The Bertz CT molecular complexity index is 585. The summed E-state index contributed by atoms with van der Waals surface area (Å²) in [5.41, 5.74) is 0.481. The van der Waals surface area contributed by atoms with Crippen molar-refractivity contribution in [2.75, 3.05) is 12.8 Å². The van der Waals surface area contributed by atoms with Crippen molar-refractivity contribution in [1.29, 1.82) is 0 Å². The number of amides is 1. The minimum atomic E-state index is -3.35. The third-order valence-corrected chi connectivity index (χ3v) is 4.05. The first-order valence-electron chi connectivity index (χ1n) is 6.19. The molecule has 0 saturated heterocycles. The van der Waals surface area contributed by atoms with Crippen molar-refractivity contribution in [1.82, 2.24) is 10.6 Å². The van der Waals surface area contributed by atoms with Crippen LogP contribution in [0.1, 0.15) is 19.4 Å². The fourth-order valence-electron chi connectivity index (χ4n) is 1.73. The highest BCUT2D eigenvalue weighted by molar-refractivity contribution is 7.90. The number of hydrogen-bond acceptors (Lipinski definition) is 4. The number of benzene rings is 1. The first-order valence-corrected chi connectivity index (χ1v) is 8.46. The van der Waals surface area contributed by atoms with Gasteiger partial charge in [-0.1, -0.05) is 17.7 Å². The lowest BCUT2D eigenvalue weighted by atomic mass is 10.2. The van der Waals surface area contributed by atoms with Gasteiger partial charge in [0.25, 0.3) is 0 Å². The molecule has 0 spiro atoms. The molecule has 0 saturated carbocycles. The lowest BCUT2D eigenvalue weighted by Gasteiger charge is -2.12. The number of halogens is 1. The largest absolute Gasteiger partial charge is 0.353 e. The van der Waals surface area contributed by atoms with Gasteiger partial charge in [-0.25, -0.2) is 8.42 Å². The zero-order chi connectivity index (χ0) is 15.3. The number of carbonyl (C=O) groups is 1. The molecule has 1 rings (SSSR count). The van der Waals surface area contributed by atoms with Gasteiger partial charge >= 0.3 is 0 Å². The van der Waals surface area contributed by atoms with Crippen LogP contribution in [0.5, 0.6) is 0 Å². The van der Waals surface area contributed by atoms with Crippen LogP contribution in [-0.2, 0) is 21.2 Å². The Hall–Kier alpha value is -1.11. The van der Waals surface area contributed by atoms with Crippen molar-refractivity contribution in [2.24, 2.45) is 0 Å². The number of nitrogens with one attached hydrogen (secondary N) is 2. The van der Waals surface area contributed by atoms with Crippen LogP contribution in [0.2, 0.25) is 5.02 Å². The summed E-state index contributed by atoms with van der Waals surface area (Å²) in [7, 11) is -3.35. The van der Waals surface area contributed by atoms with Crippen molar-refractivity contribution in [2.45, 2.75) is 31.3 Å². The molecule has 0 heterocycles. The van der Waals surface area contributed by atoms with E-state index >= 15 is 0 Å². The summed E-state index contributed by atoms with van der Waals surface area (Å²) in [4.78, 5) is 11.7. The summed E-state index contributed by atoms with van der Waals surface area (Å²) in [5, 5.41) is 6.00. The van der Waals surface area contributed by atoms with Gasteiger partial charge in [0.05, 0.1) is 11.4 Å². The topological polar surface area (TPSA) is 75.3 Å². The molecule has 5 nitrogen and oxygen atoms in total. The van der Waals surface area contributed by atoms with Gasteiger partial charge in [0, 0.05) is 29.4 Å². The molecule has 0 aliphatic carbocycles. The highest BCUT2D eigenvalue weighted by Gasteiger charge is 2.15. The molecule has 0 atom stereocenters. The van der Waals surface area contributed by atoms with E-state index in [-0.39, 0.29) is 29.9 Å². The Morgan fingerprint density at radius 3 is 2.55 bits per heavy atom. The molecule has 0 aliphatic heterocycles. The second-order valence-corrected chi connectivity index (χ2v) is 7.21. The third-order valence-electron chi connectivity index (χ3n) is 2.51. The molecule has 0 bridgehead atoms. The molecule has 0 radical (unpaired) electrons. The maximum atomic E-state index is 11.7. The fraction of sp³-hybridized carbons (Fsp3) is 0.462. The smallest absolute Gasteiger partial charge is 0.234 e. The molecule has 20 heavy (non-hydrogen) atoms. The normalized spacial score (nSPS) is 11.7. The van der Waals surface area contributed by atoms with Crippen molar-refractivity contribution in [3.8, 4) is 0 Å². The molecular formula is C13H19ClN2O3S. The van der Waals surface area contributed by atoms with Gasteiger partial charge < -0.3 is 10.6 Å². The Labute approximate surface area is 124 Å². The second-order valence-electron chi connectivity index (χ2n) is 4.81. The number of hydrogen-bond donors (Lipinski definition) is 2. The summed E-state index contributed by atoms with van der Waals surface area (Å²) in [6.07, 6.45) is 1.13. The number of sulfone groups is 1. The Morgan fingerprint density at radius 1 is 1.35 bits per heavy atom. The van der Waals surface area contributed by atoms with Crippen LogP contribution >= 0.6 is 11.6 Å². The van der Waals surface area contributed by atoms with Gasteiger partial charge in [-0.05, 0) is 26.0 Å². The zero-order valence-corrected chi connectivity index (χ0v) is 13.3. The average Bonchev–Trinajstić information content (AvgIpc) is 2.28. The summed E-state index contributed by atoms with van der Waals surface area (Å²) < 4.78 is 23.4. The lowest BCUT2D eigenvalue weighted by Crippen LogP contribution is -2.37. The van der Waals surface area contributed by atoms with Crippen molar-refractivity contribution < 1.29 is 13.2 Å². The van der Waals surface area contributed by atoms with Crippen molar-refractivity contribution in [3.05, 3.63) is 28.8 Å². The maximum absolute atomic E-state index is 11.7. The Morgan fingerprint density at radius 2 is 2.00 bits per heavy atom. The van der Waals surface area contributed by atoms with E-state index in [4.69, 9.17) is 11.6 Å². The fourth-order valence-corrected chi connectivity index (χ4v) is 2.98. The molecule has 2 N–H and O–H groups in total. The van der Waals surface area contributed by atoms with Crippen LogP contribution < -0.4 is 10.6 Å². The molecule has 112 valence electrons. The van der Waals surface area contributed by atoms with E-state index in [0.717, 1.165) is 6.26 Å². The standard InChI is InChI=1S/C13H19ClN2O3S/c1-9(2)16-13(17)8-15-7-10-11(14)5-4-6-12(10)20(3,18)19/h4-6,9,15H,7-8H2,1-3H3,(H,16,17). The predicted octanol–water partition coefficient (Wildman–Crippen LogP) is 1.36. The molecule has 1 aromatic rings. The quantitative estimate of drug-likeness (QED) is 0.830. The van der Waals surface area contributed by atoms with Crippen LogP contribution in [0, 0.1) is 0 Å². The van der Waals surface area contributed by atoms with E-state index in [1.807, 2.05) is 13.8 Å². The minimum Gasteiger partial charge on any atom is -0.353 e. The van der Waals surface area contributed by atoms with Gasteiger partial charge in [0.1, 0.15) is 0 Å². The molecule has 0 aromatic heterocycles. The summed E-state index contributed by atoms with van der Waals surface area (Å²) in [6.45, 7) is 4.06. The Kier molecular flexibility index (Phi) is 5.98. The number of rotatable bonds is 6. The van der Waals surface area contributed by atoms with Crippen LogP contribution in [-0.4, -0.2) is 33.2 Å². The van der Waals surface area contributed by atoms with Gasteiger partial charge in [-0.15, -0.1) is 0 Å². The van der Waals surface area contributed by atoms with Gasteiger partial charge in [-0.2, -0.15) is 0 Å². The highest BCUT2D eigenvalue weighted by Crippen LogP contribution is 2.23. The second kappa shape index (κ2) is 7.06. The highest BCUT2D eigenvalue weighted by atomic mass is 35.5. The molecule has 0 fully saturated rings. The molecule has 0 unspecified atom stereocenters. The lowest BCUT2D eigenvalue weighted by molar-refractivity contribution is -0.120. The van der Waals surface area contributed by atoms with Crippen LogP contribution in [0.25, 0.3) is 0 Å². The van der Waals surface area contributed by atoms with E-state index < -0.39 is 9.84 Å². The SMILES string of the molecule is CC(C)NC(=O)CNCc1c(Cl)cccc1S(C)(=O)=O. The van der Waals surface area contributed by atoms with Crippen molar-refractivity contribution in [3.63, 3.8) is 0 Å². The monoisotopic (exact) mass is 318 g/mol. The van der Waals surface area contributed by atoms with Crippen molar-refractivity contribution >= 4 is 27.3 Å². The molecule has 1 aromatic carbocycles. The predicted molar refractivity (Wildman–Crippen MR) is 79.5 cm³/mol. The van der Waals surface area contributed by atoms with E-state index in [0.29, 0.717) is 10.6 Å². The molecule has 1 amide bonds. The first kappa shape index (κ1) is 16.9. The van der Waals surface area contributed by atoms with Crippen LogP contribution in [0.4, 0.5) is 0 Å². The minimum absolute atomic E-state index is 0.0659. The van der Waals surface area contributed by atoms with E-state index in [2.05, 4.69) is 10.6 Å². The average molecular weight is 319 g/mol. The summed E-state index contributed by atoms with van der Waals surface area (Å²) in [5.74, 6) is -0.145. The van der Waals surface area contributed by atoms with Gasteiger partial charge in [-0.3, -0.25) is 4.79 Å². The molecule has 7 heteroatoms. The van der Waals surface area contributed by atoms with Gasteiger partial charge in [0.15, 0.2) is 9.84 Å². The van der Waals surface area contributed by atoms with E-state index in [1.165, 1.54) is 6.07 Å². The van der Waals surface area contributed by atoms with E-state index in [9.17, 15) is 13.2 Å². The van der Waals surface area contributed by atoms with E-state index in [1.54, 1.807) is 12.1 Å². The molecule has 0 aliphatic rings. The van der Waals surface area contributed by atoms with Crippen LogP contribution in [0.15, 0.2) is 23.1 Å². The summed E-state index contributed by atoms with van der Waals surface area (Å²) in [6, 6.07) is 4.79. The first-order chi connectivity index (χ1) is 9.21. The number of carbonyl (C=O) groups excluding carboxylic acids is 1. The summed E-state index contributed by atoms with van der Waals surface area (Å²) >= 11 is 6.03.